The van der Waals surface area contributed by atoms with Crippen molar-refractivity contribution in [3.63, 3.8) is 0 Å². The van der Waals surface area contributed by atoms with Gasteiger partial charge in [0.2, 0.25) is 0 Å². The van der Waals surface area contributed by atoms with Crippen molar-refractivity contribution in [3.8, 4) is 0 Å². The molecular formula is C13H30N2S2. The average Bonchev–Trinajstić information content (AvgIpc) is 2.30. The maximum atomic E-state index is 5.14. The van der Waals surface area contributed by atoms with Gasteiger partial charge in [0.15, 0.2) is 0 Å². The standard InChI is InChI=1S/C9H19NS2.C4H11N/c1-3-5-7-10(9(11)12)8-6-4-2;1-2-3-4-5/h3-8H2,1-2H3,(H,11,12);2-5H2,1H3. The van der Waals surface area contributed by atoms with Gasteiger partial charge in [-0.15, -0.1) is 12.6 Å². The Bertz CT molecular complexity index is 153. The monoisotopic (exact) mass is 278 g/mol. The molecule has 0 heterocycles. The van der Waals surface area contributed by atoms with Crippen LogP contribution >= 0.6 is 24.8 Å². The summed E-state index contributed by atoms with van der Waals surface area (Å²) in [6, 6.07) is 0. The summed E-state index contributed by atoms with van der Waals surface area (Å²) in [5, 5.41) is 0. The van der Waals surface area contributed by atoms with E-state index < -0.39 is 0 Å². The molecule has 0 rings (SSSR count). The van der Waals surface area contributed by atoms with Crippen LogP contribution < -0.4 is 5.73 Å². The third-order valence-corrected chi connectivity index (χ3v) is 2.93. The normalized spacial score (nSPS) is 9.47. The fourth-order valence-corrected chi connectivity index (χ4v) is 1.59. The highest BCUT2D eigenvalue weighted by molar-refractivity contribution is 8.10. The first kappa shape index (κ1) is 19.5. The third kappa shape index (κ3) is 16.2. The number of unbranched alkanes of at least 4 members (excludes halogenated alkanes) is 3. The molecule has 2 nitrogen and oxygen atoms in total. The average molecular weight is 279 g/mol. The van der Waals surface area contributed by atoms with E-state index in [0.29, 0.717) is 0 Å². The van der Waals surface area contributed by atoms with Crippen LogP contribution in [0.4, 0.5) is 0 Å². The second-order valence-electron chi connectivity index (χ2n) is 4.12. The van der Waals surface area contributed by atoms with Gasteiger partial charge in [-0.1, -0.05) is 52.3 Å². The molecule has 0 aliphatic heterocycles. The summed E-state index contributed by atoms with van der Waals surface area (Å²) >= 11 is 9.23. The van der Waals surface area contributed by atoms with Gasteiger partial charge < -0.3 is 10.6 Å². The summed E-state index contributed by atoms with van der Waals surface area (Å²) in [5.74, 6) is 0. The van der Waals surface area contributed by atoms with Crippen molar-refractivity contribution in [2.75, 3.05) is 19.6 Å². The van der Waals surface area contributed by atoms with Gasteiger partial charge in [0.25, 0.3) is 0 Å². The van der Waals surface area contributed by atoms with Crippen LogP contribution in [0.1, 0.15) is 59.3 Å². The smallest absolute Gasteiger partial charge is 0.133 e. The number of nitrogens with two attached hydrogens (primary N) is 1. The highest BCUT2D eigenvalue weighted by Gasteiger charge is 2.03. The Morgan fingerprint density at radius 2 is 1.41 bits per heavy atom. The van der Waals surface area contributed by atoms with Crippen LogP contribution in [-0.2, 0) is 0 Å². The molecule has 0 unspecified atom stereocenters. The molecule has 0 fully saturated rings. The molecule has 0 bridgehead atoms. The molecule has 0 aromatic heterocycles. The largest absolute Gasteiger partial charge is 0.358 e. The Kier molecular flexibility index (Phi) is 18.6. The molecule has 0 saturated heterocycles. The second-order valence-corrected chi connectivity index (χ2v) is 5.23. The lowest BCUT2D eigenvalue weighted by molar-refractivity contribution is 0.411. The Hall–Kier alpha value is 0.200. The predicted molar refractivity (Wildman–Crippen MR) is 86.9 cm³/mol. The summed E-state index contributed by atoms with van der Waals surface area (Å²) in [5.41, 5.74) is 5.14. The van der Waals surface area contributed by atoms with Crippen LogP contribution in [0, 0.1) is 0 Å². The Morgan fingerprint density at radius 3 is 1.59 bits per heavy atom. The van der Waals surface area contributed by atoms with Gasteiger partial charge in [-0.25, -0.2) is 0 Å². The van der Waals surface area contributed by atoms with Crippen molar-refractivity contribution in [3.05, 3.63) is 0 Å². The SMILES string of the molecule is CCCCN.CCCCN(CCCC)C(=S)S. The minimum Gasteiger partial charge on any atom is -0.358 e. The minimum absolute atomic E-state index is 0.747. The van der Waals surface area contributed by atoms with Gasteiger partial charge in [0, 0.05) is 13.1 Å². The van der Waals surface area contributed by atoms with Crippen molar-refractivity contribution >= 4 is 29.2 Å². The van der Waals surface area contributed by atoms with E-state index in [0.717, 1.165) is 24.0 Å². The van der Waals surface area contributed by atoms with Crippen molar-refractivity contribution < 1.29 is 0 Å². The molecule has 0 aromatic carbocycles. The van der Waals surface area contributed by atoms with E-state index in [1.807, 2.05) is 0 Å². The number of thiocarbonyl (C=S) groups is 1. The summed E-state index contributed by atoms with van der Waals surface area (Å²) in [6.45, 7) is 9.50. The van der Waals surface area contributed by atoms with Crippen LogP contribution in [-0.4, -0.2) is 28.9 Å². The van der Waals surface area contributed by atoms with Gasteiger partial charge in [0.1, 0.15) is 4.32 Å². The molecule has 104 valence electrons. The number of rotatable bonds is 8. The molecule has 0 aliphatic rings. The zero-order valence-electron chi connectivity index (χ0n) is 11.7. The molecule has 0 radical (unpaired) electrons. The number of hydrogen-bond donors (Lipinski definition) is 2. The number of nitrogens with zero attached hydrogens (tertiary/aromatic N) is 1. The van der Waals surface area contributed by atoms with E-state index in [4.69, 9.17) is 18.0 Å². The van der Waals surface area contributed by atoms with Crippen molar-refractivity contribution in [2.45, 2.75) is 59.3 Å². The Balaban J connectivity index is 0. The molecule has 0 amide bonds. The van der Waals surface area contributed by atoms with E-state index in [9.17, 15) is 0 Å². The summed E-state index contributed by atoms with van der Waals surface area (Å²) in [4.78, 5) is 2.19. The van der Waals surface area contributed by atoms with Crippen molar-refractivity contribution in [1.82, 2.24) is 4.90 Å². The van der Waals surface area contributed by atoms with Gasteiger partial charge in [-0.2, -0.15) is 0 Å². The van der Waals surface area contributed by atoms with Crippen LogP contribution in [0.25, 0.3) is 0 Å². The van der Waals surface area contributed by atoms with Crippen LogP contribution in [0.15, 0.2) is 0 Å². The Morgan fingerprint density at radius 1 is 1.00 bits per heavy atom. The quantitative estimate of drug-likeness (QED) is 0.522. The first-order valence-electron chi connectivity index (χ1n) is 6.81. The van der Waals surface area contributed by atoms with E-state index in [2.05, 4.69) is 38.3 Å². The fourth-order valence-electron chi connectivity index (χ4n) is 1.21. The highest BCUT2D eigenvalue weighted by atomic mass is 32.1. The Labute approximate surface area is 119 Å². The molecule has 0 spiro atoms. The summed E-state index contributed by atoms with van der Waals surface area (Å²) < 4.78 is 0.747. The second kappa shape index (κ2) is 16.2. The third-order valence-electron chi connectivity index (χ3n) is 2.39. The molecule has 2 N–H and O–H groups in total. The van der Waals surface area contributed by atoms with E-state index >= 15 is 0 Å². The lowest BCUT2D eigenvalue weighted by Gasteiger charge is -2.21. The fraction of sp³-hybridized carbons (Fsp3) is 0.923. The molecular weight excluding hydrogens is 248 g/mol. The minimum atomic E-state index is 0.747. The maximum Gasteiger partial charge on any atom is 0.133 e. The van der Waals surface area contributed by atoms with Crippen LogP contribution in [0.3, 0.4) is 0 Å². The topological polar surface area (TPSA) is 29.3 Å². The van der Waals surface area contributed by atoms with E-state index in [1.54, 1.807) is 0 Å². The van der Waals surface area contributed by atoms with E-state index in [1.165, 1.54) is 38.5 Å². The lowest BCUT2D eigenvalue weighted by atomic mass is 10.3. The van der Waals surface area contributed by atoms with Gasteiger partial charge >= 0.3 is 0 Å². The molecule has 0 saturated carbocycles. The van der Waals surface area contributed by atoms with Gasteiger partial charge in [0.05, 0.1) is 0 Å². The highest BCUT2D eigenvalue weighted by Crippen LogP contribution is 2.02. The first-order chi connectivity index (χ1) is 8.13. The summed E-state index contributed by atoms with van der Waals surface area (Å²) in [6.07, 6.45) is 7.25. The maximum absolute atomic E-state index is 5.14. The lowest BCUT2D eigenvalue weighted by Crippen LogP contribution is -2.28. The molecule has 0 atom stereocenters. The van der Waals surface area contributed by atoms with Gasteiger partial charge in [-0.3, -0.25) is 0 Å². The zero-order chi connectivity index (χ0) is 13.5. The predicted octanol–water partition coefficient (Wildman–Crippen LogP) is 3.85. The molecule has 17 heavy (non-hydrogen) atoms. The van der Waals surface area contributed by atoms with Crippen LogP contribution in [0.5, 0.6) is 0 Å². The molecule has 0 aliphatic carbocycles. The van der Waals surface area contributed by atoms with Crippen molar-refractivity contribution in [1.29, 1.82) is 0 Å². The van der Waals surface area contributed by atoms with Crippen molar-refractivity contribution in [2.24, 2.45) is 5.73 Å². The van der Waals surface area contributed by atoms with E-state index in [-0.39, 0.29) is 0 Å². The number of hydrogen-bond acceptors (Lipinski definition) is 2. The van der Waals surface area contributed by atoms with Crippen LogP contribution in [0.2, 0.25) is 0 Å². The number of thiol groups is 1. The molecule has 4 heteroatoms. The first-order valence-corrected chi connectivity index (χ1v) is 7.67. The molecule has 0 aromatic rings. The summed E-state index contributed by atoms with van der Waals surface area (Å²) in [7, 11) is 0. The van der Waals surface area contributed by atoms with Gasteiger partial charge in [-0.05, 0) is 25.8 Å². The zero-order valence-corrected chi connectivity index (χ0v) is 13.5.